The second-order valence-corrected chi connectivity index (χ2v) is 6.76. The van der Waals surface area contributed by atoms with Crippen LogP contribution in [0.15, 0.2) is 24.3 Å². The molecule has 0 aromatic heterocycles. The zero-order valence-electron chi connectivity index (χ0n) is 15.2. The number of hydrogen-bond acceptors (Lipinski definition) is 1. The van der Waals surface area contributed by atoms with E-state index >= 15 is 0 Å². The SMILES string of the molecule is CCC(C)CCN(C)C(=O)C(C)c1ccc(C(C)CC)cc1. The van der Waals surface area contributed by atoms with Crippen LogP contribution in [0.4, 0.5) is 0 Å². The van der Waals surface area contributed by atoms with Crippen LogP contribution in [0.1, 0.15) is 76.8 Å². The minimum Gasteiger partial charge on any atom is -0.345 e. The van der Waals surface area contributed by atoms with Crippen molar-refractivity contribution in [1.29, 1.82) is 0 Å². The Bertz CT molecular complexity index is 451. The Morgan fingerprint density at radius 1 is 1.00 bits per heavy atom. The highest BCUT2D eigenvalue weighted by atomic mass is 16.2. The second-order valence-electron chi connectivity index (χ2n) is 6.76. The van der Waals surface area contributed by atoms with Crippen LogP contribution >= 0.6 is 0 Å². The number of carbonyl (C=O) groups is 1. The molecule has 0 fully saturated rings. The fraction of sp³-hybridized carbons (Fsp3) is 0.650. The van der Waals surface area contributed by atoms with E-state index in [1.165, 1.54) is 12.0 Å². The third-order valence-electron chi connectivity index (χ3n) is 5.02. The van der Waals surface area contributed by atoms with Crippen LogP contribution in [0.25, 0.3) is 0 Å². The first-order valence-corrected chi connectivity index (χ1v) is 8.75. The number of rotatable bonds is 8. The Labute approximate surface area is 136 Å². The van der Waals surface area contributed by atoms with Crippen molar-refractivity contribution in [2.75, 3.05) is 13.6 Å². The normalized spacial score (nSPS) is 15.2. The van der Waals surface area contributed by atoms with Gasteiger partial charge in [0.1, 0.15) is 0 Å². The molecule has 2 nitrogen and oxygen atoms in total. The second kappa shape index (κ2) is 8.97. The van der Waals surface area contributed by atoms with Gasteiger partial charge in [-0.05, 0) is 42.7 Å². The van der Waals surface area contributed by atoms with E-state index in [1.807, 2.05) is 18.9 Å². The van der Waals surface area contributed by atoms with Crippen molar-refractivity contribution < 1.29 is 4.79 Å². The van der Waals surface area contributed by atoms with Gasteiger partial charge in [0.2, 0.25) is 5.91 Å². The Hall–Kier alpha value is -1.31. The molecule has 1 amide bonds. The molecule has 3 unspecified atom stereocenters. The molecule has 1 aromatic rings. The summed E-state index contributed by atoms with van der Waals surface area (Å²) >= 11 is 0. The van der Waals surface area contributed by atoms with Crippen LogP contribution in [0.3, 0.4) is 0 Å². The van der Waals surface area contributed by atoms with E-state index in [-0.39, 0.29) is 11.8 Å². The summed E-state index contributed by atoms with van der Waals surface area (Å²) in [6.45, 7) is 11.8. The third kappa shape index (κ3) is 5.15. The van der Waals surface area contributed by atoms with Gasteiger partial charge in [-0.25, -0.2) is 0 Å². The number of hydrogen-bond donors (Lipinski definition) is 0. The average molecular weight is 303 g/mol. The lowest BCUT2D eigenvalue weighted by molar-refractivity contribution is -0.131. The van der Waals surface area contributed by atoms with Crippen LogP contribution in [0.2, 0.25) is 0 Å². The Morgan fingerprint density at radius 2 is 1.55 bits per heavy atom. The lowest BCUT2D eigenvalue weighted by atomic mass is 9.93. The maximum absolute atomic E-state index is 12.5. The smallest absolute Gasteiger partial charge is 0.229 e. The van der Waals surface area contributed by atoms with Gasteiger partial charge in [0, 0.05) is 13.6 Å². The summed E-state index contributed by atoms with van der Waals surface area (Å²) in [6, 6.07) is 8.58. The van der Waals surface area contributed by atoms with E-state index in [4.69, 9.17) is 0 Å². The van der Waals surface area contributed by atoms with Crippen LogP contribution in [-0.2, 0) is 4.79 Å². The van der Waals surface area contributed by atoms with Gasteiger partial charge < -0.3 is 4.90 Å². The predicted molar refractivity (Wildman–Crippen MR) is 95.3 cm³/mol. The summed E-state index contributed by atoms with van der Waals surface area (Å²) in [6.07, 6.45) is 3.40. The zero-order valence-corrected chi connectivity index (χ0v) is 15.2. The molecule has 0 N–H and O–H groups in total. The highest BCUT2D eigenvalue weighted by Crippen LogP contribution is 2.23. The number of amides is 1. The topological polar surface area (TPSA) is 20.3 Å². The Balaban J connectivity index is 2.65. The number of carbonyl (C=O) groups excluding carboxylic acids is 1. The first-order chi connectivity index (χ1) is 10.4. The van der Waals surface area contributed by atoms with Crippen LogP contribution in [0, 0.1) is 5.92 Å². The Kier molecular flexibility index (Phi) is 7.64. The van der Waals surface area contributed by atoms with Crippen molar-refractivity contribution in [1.82, 2.24) is 4.90 Å². The average Bonchev–Trinajstić information content (AvgIpc) is 2.57. The molecule has 1 rings (SSSR count). The van der Waals surface area contributed by atoms with Crippen molar-refractivity contribution >= 4 is 5.91 Å². The standard InChI is InChI=1S/C20H33NO/c1-7-15(3)13-14-21(6)20(22)17(5)19-11-9-18(10-12-19)16(4)8-2/h9-12,15-17H,7-8,13-14H2,1-6H3. The molecule has 0 aliphatic heterocycles. The highest BCUT2D eigenvalue weighted by Gasteiger charge is 2.19. The van der Waals surface area contributed by atoms with Gasteiger partial charge in [0.15, 0.2) is 0 Å². The molecule has 2 heteroatoms. The lowest BCUT2D eigenvalue weighted by Crippen LogP contribution is -2.32. The van der Waals surface area contributed by atoms with Gasteiger partial charge in [0.25, 0.3) is 0 Å². The maximum atomic E-state index is 12.5. The predicted octanol–water partition coefficient (Wildman–Crippen LogP) is 5.20. The van der Waals surface area contributed by atoms with Crippen LogP contribution < -0.4 is 0 Å². The van der Waals surface area contributed by atoms with Gasteiger partial charge in [-0.1, -0.05) is 58.4 Å². The minimum atomic E-state index is -0.0621. The molecular formula is C20H33NO. The van der Waals surface area contributed by atoms with Crippen molar-refractivity contribution in [3.63, 3.8) is 0 Å². The van der Waals surface area contributed by atoms with E-state index in [9.17, 15) is 4.79 Å². The first-order valence-electron chi connectivity index (χ1n) is 8.75. The lowest BCUT2D eigenvalue weighted by Gasteiger charge is -2.23. The molecule has 1 aromatic carbocycles. The summed E-state index contributed by atoms with van der Waals surface area (Å²) in [5.74, 6) is 1.42. The van der Waals surface area contributed by atoms with Crippen LogP contribution in [-0.4, -0.2) is 24.4 Å². The molecule has 0 heterocycles. The zero-order chi connectivity index (χ0) is 16.7. The van der Waals surface area contributed by atoms with E-state index in [0.29, 0.717) is 11.8 Å². The molecule has 22 heavy (non-hydrogen) atoms. The number of benzene rings is 1. The fourth-order valence-electron chi connectivity index (χ4n) is 2.55. The van der Waals surface area contributed by atoms with Crippen LogP contribution in [0.5, 0.6) is 0 Å². The monoisotopic (exact) mass is 303 g/mol. The number of likely N-dealkylation sites (N-methyl/N-ethyl adjacent to an activating group) is 1. The fourth-order valence-corrected chi connectivity index (χ4v) is 2.55. The van der Waals surface area contributed by atoms with Gasteiger partial charge in [-0.2, -0.15) is 0 Å². The quantitative estimate of drug-likeness (QED) is 0.646. The maximum Gasteiger partial charge on any atom is 0.229 e. The van der Waals surface area contributed by atoms with Gasteiger partial charge in [0.05, 0.1) is 5.92 Å². The molecule has 124 valence electrons. The summed E-state index contributed by atoms with van der Waals surface area (Å²) in [5.41, 5.74) is 2.48. The van der Waals surface area contributed by atoms with Crippen molar-refractivity contribution in [2.45, 2.75) is 65.7 Å². The van der Waals surface area contributed by atoms with Crippen molar-refractivity contribution in [3.05, 3.63) is 35.4 Å². The van der Waals surface area contributed by atoms with Gasteiger partial charge in [-0.3, -0.25) is 4.79 Å². The summed E-state index contributed by atoms with van der Waals surface area (Å²) in [4.78, 5) is 14.4. The molecule has 0 radical (unpaired) electrons. The summed E-state index contributed by atoms with van der Waals surface area (Å²) < 4.78 is 0. The minimum absolute atomic E-state index is 0.0621. The molecular weight excluding hydrogens is 270 g/mol. The summed E-state index contributed by atoms with van der Waals surface area (Å²) in [7, 11) is 1.93. The molecule has 0 aliphatic carbocycles. The molecule has 0 spiro atoms. The molecule has 0 aliphatic rings. The Morgan fingerprint density at radius 3 is 2.05 bits per heavy atom. The highest BCUT2D eigenvalue weighted by molar-refractivity contribution is 5.83. The molecule has 0 bridgehead atoms. The van der Waals surface area contributed by atoms with E-state index in [1.54, 1.807) is 0 Å². The molecule has 0 saturated heterocycles. The van der Waals surface area contributed by atoms with Crippen molar-refractivity contribution in [3.8, 4) is 0 Å². The molecule has 3 atom stereocenters. The first kappa shape index (κ1) is 18.7. The van der Waals surface area contributed by atoms with E-state index < -0.39 is 0 Å². The largest absolute Gasteiger partial charge is 0.345 e. The summed E-state index contributed by atoms with van der Waals surface area (Å²) in [5, 5.41) is 0. The third-order valence-corrected chi connectivity index (χ3v) is 5.02. The van der Waals surface area contributed by atoms with Gasteiger partial charge >= 0.3 is 0 Å². The van der Waals surface area contributed by atoms with Gasteiger partial charge in [-0.15, -0.1) is 0 Å². The van der Waals surface area contributed by atoms with Crippen molar-refractivity contribution in [2.24, 2.45) is 5.92 Å². The van der Waals surface area contributed by atoms with E-state index in [2.05, 4.69) is 52.0 Å². The molecule has 0 saturated carbocycles. The van der Waals surface area contributed by atoms with E-state index in [0.717, 1.165) is 24.9 Å². The number of nitrogens with zero attached hydrogens (tertiary/aromatic N) is 1.